The molecule has 1 saturated heterocycles. The van der Waals surface area contributed by atoms with Gasteiger partial charge >= 0.3 is 5.97 Å². The van der Waals surface area contributed by atoms with Gasteiger partial charge in [-0.3, -0.25) is 4.79 Å². The summed E-state index contributed by atoms with van der Waals surface area (Å²) in [6, 6.07) is 6.23. The number of methoxy groups -OCH3 is 2. The second-order valence-corrected chi connectivity index (χ2v) is 6.82. The van der Waals surface area contributed by atoms with Gasteiger partial charge in [0.15, 0.2) is 11.5 Å². The van der Waals surface area contributed by atoms with Crippen LogP contribution in [-0.2, 0) is 0 Å². The van der Waals surface area contributed by atoms with Crippen LogP contribution in [0.5, 0.6) is 11.5 Å². The number of carbonyl (C=O) groups is 2. The van der Waals surface area contributed by atoms with E-state index in [-0.39, 0.29) is 22.7 Å². The number of aromatic carboxylic acids is 1. The molecule has 1 aromatic carbocycles. The highest BCUT2D eigenvalue weighted by Gasteiger charge is 2.19. The molecule has 2 N–H and O–H groups in total. The van der Waals surface area contributed by atoms with Crippen molar-refractivity contribution in [2.24, 2.45) is 0 Å². The first-order chi connectivity index (χ1) is 14.0. The lowest BCUT2D eigenvalue weighted by atomic mass is 10.1. The monoisotopic (exact) mass is 399 g/mol. The standard InChI is InChI=1S/C21H25N3O5/c1-28-17-12-15(21(26)27)11-16(19(17)29-2)23-20(25)14-7-8-18(22-13-14)24-9-5-3-4-6-10-24/h7-8,11-13H,3-6,9-10H2,1-2H3,(H,23,25)(H,26,27). The summed E-state index contributed by atoms with van der Waals surface area (Å²) in [5.74, 6) is -0.222. The van der Waals surface area contributed by atoms with E-state index in [0.717, 1.165) is 31.7 Å². The van der Waals surface area contributed by atoms with E-state index in [4.69, 9.17) is 9.47 Å². The average Bonchev–Trinajstić information content (AvgIpc) is 3.02. The Bertz CT molecular complexity index is 875. The number of ether oxygens (including phenoxy) is 2. The Morgan fingerprint density at radius 3 is 2.31 bits per heavy atom. The number of nitrogens with one attached hydrogen (secondary N) is 1. The largest absolute Gasteiger partial charge is 0.493 e. The van der Waals surface area contributed by atoms with Gasteiger partial charge in [0, 0.05) is 19.3 Å². The number of amides is 1. The summed E-state index contributed by atoms with van der Waals surface area (Å²) in [6.07, 6.45) is 6.28. The Balaban J connectivity index is 1.81. The second-order valence-electron chi connectivity index (χ2n) is 6.82. The maximum Gasteiger partial charge on any atom is 0.335 e. The molecule has 1 amide bonds. The van der Waals surface area contributed by atoms with Crippen LogP contribution >= 0.6 is 0 Å². The third kappa shape index (κ3) is 4.77. The zero-order valence-corrected chi connectivity index (χ0v) is 16.6. The number of pyridine rings is 1. The van der Waals surface area contributed by atoms with Crippen LogP contribution in [0.2, 0.25) is 0 Å². The number of carbonyl (C=O) groups excluding carboxylic acids is 1. The number of aromatic nitrogens is 1. The summed E-state index contributed by atoms with van der Waals surface area (Å²) >= 11 is 0. The average molecular weight is 399 g/mol. The van der Waals surface area contributed by atoms with E-state index in [0.29, 0.717) is 5.56 Å². The molecule has 2 heterocycles. The summed E-state index contributed by atoms with van der Waals surface area (Å²) < 4.78 is 10.5. The van der Waals surface area contributed by atoms with Gasteiger partial charge in [-0.05, 0) is 37.1 Å². The number of rotatable bonds is 6. The zero-order valence-electron chi connectivity index (χ0n) is 16.6. The SMILES string of the molecule is COc1cc(C(=O)O)cc(NC(=O)c2ccc(N3CCCCCC3)nc2)c1OC. The molecule has 2 aromatic rings. The van der Waals surface area contributed by atoms with Crippen LogP contribution in [0, 0.1) is 0 Å². The summed E-state index contributed by atoms with van der Waals surface area (Å²) in [6.45, 7) is 1.94. The molecule has 8 nitrogen and oxygen atoms in total. The molecule has 0 bridgehead atoms. The molecule has 0 radical (unpaired) electrons. The Labute approximate surface area is 169 Å². The Morgan fingerprint density at radius 2 is 1.76 bits per heavy atom. The van der Waals surface area contributed by atoms with Crippen molar-refractivity contribution in [3.63, 3.8) is 0 Å². The van der Waals surface area contributed by atoms with Crippen LogP contribution in [0.3, 0.4) is 0 Å². The van der Waals surface area contributed by atoms with E-state index in [1.807, 2.05) is 6.07 Å². The van der Waals surface area contributed by atoms with Crippen LogP contribution in [0.4, 0.5) is 11.5 Å². The number of nitrogens with zero attached hydrogens (tertiary/aromatic N) is 2. The van der Waals surface area contributed by atoms with Crippen LogP contribution in [0.25, 0.3) is 0 Å². The molecule has 29 heavy (non-hydrogen) atoms. The number of carboxylic acid groups (broad SMARTS) is 1. The lowest BCUT2D eigenvalue weighted by molar-refractivity contribution is 0.0696. The maximum absolute atomic E-state index is 12.7. The highest BCUT2D eigenvalue weighted by Crippen LogP contribution is 2.37. The van der Waals surface area contributed by atoms with E-state index in [2.05, 4.69) is 15.2 Å². The van der Waals surface area contributed by atoms with Gasteiger partial charge in [-0.25, -0.2) is 9.78 Å². The van der Waals surface area contributed by atoms with Gasteiger partial charge in [0.1, 0.15) is 5.82 Å². The van der Waals surface area contributed by atoms with Crippen molar-refractivity contribution in [2.75, 3.05) is 37.5 Å². The quantitative estimate of drug-likeness (QED) is 0.767. The van der Waals surface area contributed by atoms with Gasteiger partial charge in [-0.15, -0.1) is 0 Å². The molecule has 1 fully saturated rings. The molecule has 0 unspecified atom stereocenters. The van der Waals surface area contributed by atoms with Crippen molar-refractivity contribution >= 4 is 23.4 Å². The van der Waals surface area contributed by atoms with Crippen LogP contribution in [-0.4, -0.2) is 49.3 Å². The van der Waals surface area contributed by atoms with Gasteiger partial charge in [0.25, 0.3) is 5.91 Å². The predicted octanol–water partition coefficient (Wildman–Crippen LogP) is 3.43. The van der Waals surface area contributed by atoms with Crippen molar-refractivity contribution in [1.82, 2.24) is 4.98 Å². The lowest BCUT2D eigenvalue weighted by Crippen LogP contribution is -2.25. The van der Waals surface area contributed by atoms with Crippen molar-refractivity contribution in [3.8, 4) is 11.5 Å². The summed E-state index contributed by atoms with van der Waals surface area (Å²) in [5.41, 5.74) is 0.559. The molecule has 1 aliphatic heterocycles. The smallest absolute Gasteiger partial charge is 0.335 e. The highest BCUT2D eigenvalue weighted by atomic mass is 16.5. The van der Waals surface area contributed by atoms with Crippen LogP contribution in [0.1, 0.15) is 46.4 Å². The van der Waals surface area contributed by atoms with Gasteiger partial charge in [-0.1, -0.05) is 12.8 Å². The number of anilines is 2. The van der Waals surface area contributed by atoms with Crippen LogP contribution < -0.4 is 19.7 Å². The molecule has 1 aromatic heterocycles. The summed E-state index contributed by atoms with van der Waals surface area (Å²) in [7, 11) is 2.83. The topological polar surface area (TPSA) is 101 Å². The molecule has 0 saturated carbocycles. The van der Waals surface area contributed by atoms with E-state index in [1.54, 1.807) is 6.07 Å². The molecule has 0 atom stereocenters. The summed E-state index contributed by atoms with van der Waals surface area (Å²) in [5, 5.41) is 12.0. The first-order valence-electron chi connectivity index (χ1n) is 9.55. The minimum Gasteiger partial charge on any atom is -0.493 e. The van der Waals surface area contributed by atoms with Crippen molar-refractivity contribution in [2.45, 2.75) is 25.7 Å². The fourth-order valence-electron chi connectivity index (χ4n) is 3.38. The van der Waals surface area contributed by atoms with E-state index in [1.165, 1.54) is 45.4 Å². The third-order valence-electron chi connectivity index (χ3n) is 4.91. The molecule has 1 aliphatic rings. The van der Waals surface area contributed by atoms with Gasteiger partial charge in [-0.2, -0.15) is 0 Å². The van der Waals surface area contributed by atoms with Gasteiger partial charge < -0.3 is 24.8 Å². The number of benzene rings is 1. The number of carboxylic acids is 1. The van der Waals surface area contributed by atoms with E-state index in [9.17, 15) is 14.7 Å². The lowest BCUT2D eigenvalue weighted by Gasteiger charge is -2.21. The molecular weight excluding hydrogens is 374 g/mol. The Kier molecular flexibility index (Phi) is 6.54. The molecule has 8 heteroatoms. The first kappa shape index (κ1) is 20.4. The fourth-order valence-corrected chi connectivity index (χ4v) is 3.38. The van der Waals surface area contributed by atoms with E-state index < -0.39 is 11.9 Å². The van der Waals surface area contributed by atoms with Crippen molar-refractivity contribution in [1.29, 1.82) is 0 Å². The number of hydrogen-bond donors (Lipinski definition) is 2. The molecule has 0 aliphatic carbocycles. The Morgan fingerprint density at radius 1 is 1.03 bits per heavy atom. The minimum atomic E-state index is -1.13. The number of hydrogen-bond acceptors (Lipinski definition) is 6. The molecule has 154 valence electrons. The van der Waals surface area contributed by atoms with Crippen LogP contribution in [0.15, 0.2) is 30.5 Å². The normalized spacial score (nSPS) is 14.1. The third-order valence-corrected chi connectivity index (χ3v) is 4.91. The van der Waals surface area contributed by atoms with Crippen molar-refractivity contribution in [3.05, 3.63) is 41.6 Å². The highest BCUT2D eigenvalue weighted by molar-refractivity contribution is 6.06. The molecule has 0 spiro atoms. The predicted molar refractivity (Wildman–Crippen MR) is 109 cm³/mol. The van der Waals surface area contributed by atoms with E-state index >= 15 is 0 Å². The maximum atomic E-state index is 12.7. The second kappa shape index (κ2) is 9.27. The van der Waals surface area contributed by atoms with Crippen molar-refractivity contribution < 1.29 is 24.2 Å². The minimum absolute atomic E-state index is 0.0208. The van der Waals surface area contributed by atoms with Gasteiger partial charge in [0.2, 0.25) is 0 Å². The molecular formula is C21H25N3O5. The summed E-state index contributed by atoms with van der Waals surface area (Å²) in [4.78, 5) is 30.7. The first-order valence-corrected chi connectivity index (χ1v) is 9.55. The fraction of sp³-hybridized carbons (Fsp3) is 0.381. The Hall–Kier alpha value is -3.29. The van der Waals surface area contributed by atoms with Gasteiger partial charge in [0.05, 0.1) is 31.0 Å². The zero-order chi connectivity index (χ0) is 20.8. The molecule has 3 rings (SSSR count).